The lowest BCUT2D eigenvalue weighted by Crippen LogP contribution is -2.29. The van der Waals surface area contributed by atoms with Gasteiger partial charge in [-0.05, 0) is 72.0 Å². The fourth-order valence-corrected chi connectivity index (χ4v) is 5.89. The van der Waals surface area contributed by atoms with Crippen molar-refractivity contribution in [3.63, 3.8) is 0 Å². The minimum absolute atomic E-state index is 0.0905. The molecule has 0 aromatic heterocycles. The number of benzene rings is 3. The smallest absolute Gasteiger partial charge is 0.429 e. The van der Waals surface area contributed by atoms with E-state index in [1.54, 1.807) is 0 Å². The second kappa shape index (κ2) is 11.7. The molecule has 11 heteroatoms. The van der Waals surface area contributed by atoms with Crippen LogP contribution in [-0.2, 0) is 10.8 Å². The van der Waals surface area contributed by atoms with Crippen LogP contribution in [0.2, 0.25) is 0 Å². The minimum atomic E-state index is -5.00. The van der Waals surface area contributed by atoms with Crippen LogP contribution in [0.4, 0.5) is 39.5 Å². The highest BCUT2D eigenvalue weighted by molar-refractivity contribution is 5.86. The summed E-state index contributed by atoms with van der Waals surface area (Å²) in [5.74, 6) is -3.67. The van der Waals surface area contributed by atoms with Crippen LogP contribution in [0.25, 0.3) is 10.8 Å². The molecule has 5 rings (SSSR count). The summed E-state index contributed by atoms with van der Waals surface area (Å²) in [5.41, 5.74) is -2.72. The number of rotatable bonds is 5. The van der Waals surface area contributed by atoms with Gasteiger partial charge in [-0.25, -0.2) is 17.6 Å². The Morgan fingerprint density at radius 2 is 1.45 bits per heavy atom. The van der Waals surface area contributed by atoms with Gasteiger partial charge in [0.05, 0.1) is 18.3 Å². The number of hydrogen-bond donors (Lipinski definition) is 0. The van der Waals surface area contributed by atoms with Gasteiger partial charge in [-0.3, -0.25) is 0 Å². The highest BCUT2D eigenvalue weighted by Gasteiger charge is 2.42. The van der Waals surface area contributed by atoms with Gasteiger partial charge >= 0.3 is 12.3 Å². The quantitative estimate of drug-likeness (QED) is 0.215. The van der Waals surface area contributed by atoms with Gasteiger partial charge in [-0.1, -0.05) is 38.0 Å². The summed E-state index contributed by atoms with van der Waals surface area (Å²) in [5, 5.41) is -0.786. The largest absolute Gasteiger partial charge is 0.458 e. The Morgan fingerprint density at radius 3 is 2.07 bits per heavy atom. The van der Waals surface area contributed by atoms with Crippen LogP contribution in [0.3, 0.4) is 0 Å². The maximum atomic E-state index is 15.0. The Kier molecular flexibility index (Phi) is 8.39. The maximum absolute atomic E-state index is 15.0. The first-order valence-corrected chi connectivity index (χ1v) is 13.5. The predicted molar refractivity (Wildman–Crippen MR) is 136 cm³/mol. The van der Waals surface area contributed by atoms with Crippen molar-refractivity contribution in [1.29, 1.82) is 0 Å². The van der Waals surface area contributed by atoms with Crippen LogP contribution in [0.1, 0.15) is 67.7 Å². The molecule has 0 spiro atoms. The fourth-order valence-electron chi connectivity index (χ4n) is 5.89. The van der Waals surface area contributed by atoms with Crippen LogP contribution in [0, 0.1) is 46.9 Å². The zero-order chi connectivity index (χ0) is 30.2. The standard InChI is InChI=1S/C31H25F9O2/c32-24-13-19-12-21(7-8-22(19)29(35)23(24)10-11-30(36,37)38)42-31(39,40)28-25(33)14-20(15-26(28)34)27-9-6-18(16-41-27)17-4-2-1-3-5-17/h7-8,12-15,17-18,27H,1-6,9,16H2. The third kappa shape index (κ3) is 6.48. The van der Waals surface area contributed by atoms with Crippen molar-refractivity contribution in [2.75, 3.05) is 6.61 Å². The molecule has 1 heterocycles. The molecular formula is C31H25F9O2. The summed E-state index contributed by atoms with van der Waals surface area (Å²) in [6, 6.07) is 4.58. The molecule has 1 saturated carbocycles. The third-order valence-corrected chi connectivity index (χ3v) is 7.93. The molecule has 42 heavy (non-hydrogen) atoms. The monoisotopic (exact) mass is 600 g/mol. The Morgan fingerprint density at radius 1 is 0.762 bits per heavy atom. The highest BCUT2D eigenvalue weighted by Crippen LogP contribution is 2.42. The van der Waals surface area contributed by atoms with Crippen molar-refractivity contribution in [3.8, 4) is 17.6 Å². The lowest BCUT2D eigenvalue weighted by Gasteiger charge is -2.36. The molecule has 1 aliphatic heterocycles. The fraction of sp³-hybridized carbons (Fsp3) is 0.419. The molecule has 3 aromatic carbocycles. The molecule has 0 radical (unpaired) electrons. The number of fused-ring (bicyclic) bond motifs is 1. The van der Waals surface area contributed by atoms with Crippen LogP contribution in [0.5, 0.6) is 5.75 Å². The number of hydrogen-bond acceptors (Lipinski definition) is 2. The SMILES string of the molecule is Fc1cc2cc(OC(F)(F)c3c(F)cc(C4CCC(C5CCCCC5)CO4)cc3F)ccc2c(F)c1C#CC(F)(F)F. The van der Waals surface area contributed by atoms with Gasteiger partial charge in [0.2, 0.25) is 0 Å². The van der Waals surface area contributed by atoms with Gasteiger partial charge in [0.15, 0.2) is 0 Å². The van der Waals surface area contributed by atoms with Crippen molar-refractivity contribution in [2.45, 2.75) is 63.3 Å². The molecule has 2 atom stereocenters. The van der Waals surface area contributed by atoms with Crippen molar-refractivity contribution in [1.82, 2.24) is 0 Å². The Hall–Kier alpha value is -3.39. The van der Waals surface area contributed by atoms with Gasteiger partial charge in [-0.2, -0.15) is 22.0 Å². The van der Waals surface area contributed by atoms with Gasteiger partial charge in [0, 0.05) is 11.3 Å². The zero-order valence-electron chi connectivity index (χ0n) is 22.1. The van der Waals surface area contributed by atoms with Crippen LogP contribution in [0.15, 0.2) is 36.4 Å². The molecular weight excluding hydrogens is 575 g/mol. The highest BCUT2D eigenvalue weighted by atomic mass is 19.4. The van der Waals surface area contributed by atoms with Crippen molar-refractivity contribution < 1.29 is 49.0 Å². The topological polar surface area (TPSA) is 18.5 Å². The summed E-state index contributed by atoms with van der Waals surface area (Å²) < 4.78 is 136. The van der Waals surface area contributed by atoms with E-state index in [0.717, 1.165) is 55.5 Å². The molecule has 2 nitrogen and oxygen atoms in total. The van der Waals surface area contributed by atoms with Crippen molar-refractivity contribution in [3.05, 3.63) is 76.4 Å². The molecule has 224 valence electrons. The maximum Gasteiger partial charge on any atom is 0.458 e. The van der Waals surface area contributed by atoms with E-state index in [0.29, 0.717) is 30.9 Å². The molecule has 3 aromatic rings. The van der Waals surface area contributed by atoms with E-state index < -0.39 is 63.9 Å². The summed E-state index contributed by atoms with van der Waals surface area (Å²) >= 11 is 0. The molecule has 2 aliphatic rings. The van der Waals surface area contributed by atoms with Gasteiger partial charge in [-0.15, -0.1) is 0 Å². The van der Waals surface area contributed by atoms with Crippen LogP contribution in [-0.4, -0.2) is 12.8 Å². The van der Waals surface area contributed by atoms with E-state index in [1.165, 1.54) is 25.2 Å². The molecule has 1 aliphatic carbocycles. The summed E-state index contributed by atoms with van der Waals surface area (Å²) in [6.45, 7) is 0.430. The zero-order valence-corrected chi connectivity index (χ0v) is 22.1. The van der Waals surface area contributed by atoms with Crippen LogP contribution < -0.4 is 4.74 Å². The normalized spacial score (nSPS) is 20.3. The first-order valence-electron chi connectivity index (χ1n) is 13.5. The molecule has 0 amide bonds. The summed E-state index contributed by atoms with van der Waals surface area (Å²) in [6.07, 6.45) is -3.05. The lowest BCUT2D eigenvalue weighted by atomic mass is 9.77. The van der Waals surface area contributed by atoms with Gasteiger partial charge in [0.1, 0.15) is 34.6 Å². The predicted octanol–water partition coefficient (Wildman–Crippen LogP) is 9.49. The van der Waals surface area contributed by atoms with E-state index in [4.69, 9.17) is 4.74 Å². The molecule has 0 bridgehead atoms. The summed E-state index contributed by atoms with van der Waals surface area (Å²) in [7, 11) is 0. The van der Waals surface area contributed by atoms with Crippen molar-refractivity contribution >= 4 is 10.8 Å². The Labute approximate surface area is 235 Å². The van der Waals surface area contributed by atoms with Crippen LogP contribution >= 0.6 is 0 Å². The van der Waals surface area contributed by atoms with Gasteiger partial charge in [0.25, 0.3) is 0 Å². The van der Waals surface area contributed by atoms with E-state index in [-0.39, 0.29) is 10.9 Å². The average Bonchev–Trinajstić information content (AvgIpc) is 2.92. The van der Waals surface area contributed by atoms with Gasteiger partial charge < -0.3 is 9.47 Å². The first-order chi connectivity index (χ1) is 19.8. The Bertz CT molecular complexity index is 1500. The van der Waals surface area contributed by atoms with E-state index >= 15 is 8.78 Å². The summed E-state index contributed by atoms with van der Waals surface area (Å²) in [4.78, 5) is 0. The Balaban J connectivity index is 1.34. The lowest BCUT2D eigenvalue weighted by molar-refractivity contribution is -0.189. The molecule has 0 N–H and O–H groups in total. The van der Waals surface area contributed by atoms with E-state index in [2.05, 4.69) is 4.74 Å². The second-order valence-corrected chi connectivity index (χ2v) is 10.7. The number of halogens is 9. The number of ether oxygens (including phenoxy) is 2. The van der Waals surface area contributed by atoms with E-state index in [9.17, 15) is 30.7 Å². The minimum Gasteiger partial charge on any atom is -0.429 e. The van der Waals surface area contributed by atoms with Crippen molar-refractivity contribution in [2.24, 2.45) is 11.8 Å². The second-order valence-electron chi connectivity index (χ2n) is 10.7. The molecule has 1 saturated heterocycles. The first kappa shape index (κ1) is 30.1. The number of alkyl halides is 5. The molecule has 2 unspecified atom stereocenters. The average molecular weight is 601 g/mol. The molecule has 2 fully saturated rings. The third-order valence-electron chi connectivity index (χ3n) is 7.93. The van der Waals surface area contributed by atoms with E-state index in [1.807, 2.05) is 0 Å².